The van der Waals surface area contributed by atoms with E-state index < -0.39 is 5.97 Å². The molecule has 4 aromatic carbocycles. The van der Waals surface area contributed by atoms with E-state index in [0.29, 0.717) is 67.3 Å². The van der Waals surface area contributed by atoms with Gasteiger partial charge in [-0.25, -0.2) is 0 Å². The number of carbonyl (C=O) groups is 2. The van der Waals surface area contributed by atoms with E-state index in [1.54, 1.807) is 30.3 Å². The Kier molecular flexibility index (Phi) is 11.0. The Labute approximate surface area is 262 Å². The van der Waals surface area contributed by atoms with Gasteiger partial charge in [-0.2, -0.15) is 0 Å². The monoisotopic (exact) mass is 612 g/mol. The van der Waals surface area contributed by atoms with Gasteiger partial charge in [-0.05, 0) is 48.4 Å². The van der Waals surface area contributed by atoms with Gasteiger partial charge in [-0.1, -0.05) is 60.7 Å². The van der Waals surface area contributed by atoms with Crippen molar-refractivity contribution in [1.82, 2.24) is 0 Å². The second-order valence-electron chi connectivity index (χ2n) is 10.5. The molecule has 4 aromatic rings. The van der Waals surface area contributed by atoms with Crippen LogP contribution in [0.2, 0.25) is 0 Å². The zero-order valence-corrected chi connectivity index (χ0v) is 25.3. The van der Waals surface area contributed by atoms with Gasteiger partial charge in [-0.3, -0.25) is 9.59 Å². The van der Waals surface area contributed by atoms with E-state index in [2.05, 4.69) is 0 Å². The number of carbonyl (C=O) groups excluding carboxylic acids is 2. The highest BCUT2D eigenvalue weighted by atomic mass is 16.6. The molecular formula is C36H36O9. The highest BCUT2D eigenvalue weighted by molar-refractivity contribution is 5.97. The van der Waals surface area contributed by atoms with E-state index in [0.717, 1.165) is 17.7 Å². The first kappa shape index (κ1) is 31.6. The number of hydrogen-bond donors (Lipinski definition) is 0. The van der Waals surface area contributed by atoms with E-state index in [1.807, 2.05) is 66.7 Å². The molecule has 234 valence electrons. The first-order valence-electron chi connectivity index (χ1n) is 14.7. The van der Waals surface area contributed by atoms with Crippen molar-refractivity contribution in [3.8, 4) is 28.7 Å². The second-order valence-corrected chi connectivity index (χ2v) is 10.5. The van der Waals surface area contributed by atoms with Gasteiger partial charge in [0.05, 0.1) is 18.8 Å². The van der Waals surface area contributed by atoms with Crippen LogP contribution in [-0.4, -0.2) is 50.4 Å². The summed E-state index contributed by atoms with van der Waals surface area (Å²) in [5.74, 6) is 2.25. The van der Waals surface area contributed by atoms with E-state index in [1.165, 1.54) is 13.8 Å². The normalized spacial score (nSPS) is 16.0. The molecule has 6 rings (SSSR count). The third kappa shape index (κ3) is 10.7. The number of ether oxygens (including phenoxy) is 7. The maximum Gasteiger partial charge on any atom is 0.308 e. The highest BCUT2D eigenvalue weighted by Crippen LogP contribution is 2.33. The van der Waals surface area contributed by atoms with Crippen LogP contribution in [0, 0.1) is 0 Å². The van der Waals surface area contributed by atoms with Gasteiger partial charge < -0.3 is 33.2 Å². The minimum absolute atomic E-state index is 0.0446. The van der Waals surface area contributed by atoms with E-state index in [4.69, 9.17) is 33.2 Å². The Morgan fingerprint density at radius 1 is 0.622 bits per heavy atom. The van der Waals surface area contributed by atoms with Gasteiger partial charge in [0, 0.05) is 13.0 Å². The largest absolute Gasteiger partial charge is 0.490 e. The second kappa shape index (κ2) is 15.7. The molecule has 0 unspecified atom stereocenters. The average molecular weight is 613 g/mol. The van der Waals surface area contributed by atoms with E-state index >= 15 is 0 Å². The standard InChI is InChI=1S/C18H18O5.C18H18O4/c1-13(19)23-18-9-15(20-10-14-5-3-2-4-6-14)7-8-17(18)22-12-16-11-21-16;1-13(19)17-9-15(20-10-14-5-3-2-4-6-14)7-8-18(17)22-12-16-11-21-16/h2-9,16H,10-12H2,1H3;2-9,16H,10-12H2,1H3/t2*16-/m00/s1. The fraction of sp³-hybridized carbons (Fsp3) is 0.278. The molecule has 9 nitrogen and oxygen atoms in total. The summed E-state index contributed by atoms with van der Waals surface area (Å²) in [6.07, 6.45) is 0.294. The fourth-order valence-electron chi connectivity index (χ4n) is 4.11. The van der Waals surface area contributed by atoms with Crippen molar-refractivity contribution < 1.29 is 42.7 Å². The first-order valence-corrected chi connectivity index (χ1v) is 14.7. The molecule has 0 amide bonds. The number of esters is 1. The number of hydrogen-bond acceptors (Lipinski definition) is 9. The topological polar surface area (TPSA) is 105 Å². The third-order valence-corrected chi connectivity index (χ3v) is 6.65. The molecule has 0 radical (unpaired) electrons. The van der Waals surface area contributed by atoms with Crippen molar-refractivity contribution in [3.05, 3.63) is 114 Å². The van der Waals surface area contributed by atoms with Crippen molar-refractivity contribution in [1.29, 1.82) is 0 Å². The first-order chi connectivity index (χ1) is 21.9. The molecule has 2 aliphatic heterocycles. The quantitative estimate of drug-likeness (QED) is 0.0711. The van der Waals surface area contributed by atoms with Crippen LogP contribution >= 0.6 is 0 Å². The SMILES string of the molecule is CC(=O)Oc1cc(OCc2ccccc2)ccc1OC[C@@H]1CO1.CC(=O)c1cc(OCc2ccccc2)ccc1OC[C@@H]1CO1. The third-order valence-electron chi connectivity index (χ3n) is 6.65. The van der Waals surface area contributed by atoms with E-state index in [9.17, 15) is 9.59 Å². The van der Waals surface area contributed by atoms with Gasteiger partial charge >= 0.3 is 5.97 Å². The Morgan fingerprint density at radius 3 is 1.60 bits per heavy atom. The Morgan fingerprint density at radius 2 is 1.11 bits per heavy atom. The van der Waals surface area contributed by atoms with E-state index in [-0.39, 0.29) is 18.0 Å². The lowest BCUT2D eigenvalue weighted by Gasteiger charge is -2.12. The van der Waals surface area contributed by atoms with Crippen LogP contribution in [0.3, 0.4) is 0 Å². The summed E-state index contributed by atoms with van der Waals surface area (Å²) in [6, 6.07) is 30.3. The minimum Gasteiger partial charge on any atom is -0.490 e. The maximum atomic E-state index is 11.8. The number of ketones is 1. The van der Waals surface area contributed by atoms with Crippen LogP contribution in [0.4, 0.5) is 0 Å². The molecular weight excluding hydrogens is 576 g/mol. The zero-order chi connectivity index (χ0) is 31.4. The molecule has 2 aliphatic rings. The molecule has 0 spiro atoms. The Hall–Kier alpha value is -4.86. The van der Waals surface area contributed by atoms with Gasteiger partial charge in [-0.15, -0.1) is 0 Å². The van der Waals surface area contributed by atoms with Crippen molar-refractivity contribution in [2.45, 2.75) is 39.3 Å². The van der Waals surface area contributed by atoms with Gasteiger partial charge in [0.15, 0.2) is 17.3 Å². The Bertz CT molecular complexity index is 1550. The van der Waals surface area contributed by atoms with Crippen molar-refractivity contribution in [3.63, 3.8) is 0 Å². The van der Waals surface area contributed by atoms with Crippen LogP contribution < -0.4 is 23.7 Å². The van der Waals surface area contributed by atoms with Crippen LogP contribution in [0.15, 0.2) is 97.1 Å². The predicted molar refractivity (Wildman–Crippen MR) is 166 cm³/mol. The van der Waals surface area contributed by atoms with Crippen molar-refractivity contribution >= 4 is 11.8 Å². The summed E-state index contributed by atoms with van der Waals surface area (Å²) >= 11 is 0. The molecule has 0 saturated carbocycles. The average Bonchev–Trinajstić information content (AvgIpc) is 3.99. The smallest absolute Gasteiger partial charge is 0.308 e. The number of epoxide rings is 2. The fourth-order valence-corrected chi connectivity index (χ4v) is 4.11. The Balaban J connectivity index is 0.000000178. The molecule has 2 atom stereocenters. The molecule has 0 aromatic heterocycles. The van der Waals surface area contributed by atoms with Crippen LogP contribution in [0.1, 0.15) is 35.3 Å². The molecule has 45 heavy (non-hydrogen) atoms. The van der Waals surface area contributed by atoms with Gasteiger partial charge in [0.2, 0.25) is 0 Å². The summed E-state index contributed by atoms with van der Waals surface area (Å²) in [5.41, 5.74) is 2.68. The van der Waals surface area contributed by atoms with Crippen molar-refractivity contribution in [2.75, 3.05) is 26.4 Å². The summed E-state index contributed by atoms with van der Waals surface area (Å²) in [4.78, 5) is 23.0. The van der Waals surface area contributed by atoms with Crippen molar-refractivity contribution in [2.24, 2.45) is 0 Å². The maximum absolute atomic E-state index is 11.8. The zero-order valence-electron chi connectivity index (χ0n) is 25.3. The van der Waals surface area contributed by atoms with Crippen LogP contribution in [0.25, 0.3) is 0 Å². The summed E-state index contributed by atoms with van der Waals surface area (Å²) in [6.45, 7) is 6.14. The number of Topliss-reactive ketones (excluding diaryl/α,β-unsaturated/α-hetero) is 1. The van der Waals surface area contributed by atoms with Crippen LogP contribution in [0.5, 0.6) is 28.7 Å². The molecule has 2 fully saturated rings. The van der Waals surface area contributed by atoms with Gasteiger partial charge in [0.25, 0.3) is 0 Å². The molecule has 0 aliphatic carbocycles. The predicted octanol–water partition coefficient (Wildman–Crippen LogP) is 6.21. The summed E-state index contributed by atoms with van der Waals surface area (Å²) in [5, 5.41) is 0. The summed E-state index contributed by atoms with van der Waals surface area (Å²) < 4.78 is 38.2. The van der Waals surface area contributed by atoms with Gasteiger partial charge in [0.1, 0.15) is 55.9 Å². The van der Waals surface area contributed by atoms with Crippen LogP contribution in [-0.2, 0) is 27.5 Å². The lowest BCUT2D eigenvalue weighted by molar-refractivity contribution is -0.132. The number of benzene rings is 4. The molecule has 0 N–H and O–H groups in total. The lowest BCUT2D eigenvalue weighted by atomic mass is 10.1. The lowest BCUT2D eigenvalue weighted by Crippen LogP contribution is -2.08. The molecule has 0 bridgehead atoms. The molecule has 9 heteroatoms. The molecule has 2 saturated heterocycles. The minimum atomic E-state index is -0.405. The number of rotatable bonds is 14. The highest BCUT2D eigenvalue weighted by Gasteiger charge is 2.25. The summed E-state index contributed by atoms with van der Waals surface area (Å²) in [7, 11) is 0. The molecule has 2 heterocycles.